The summed E-state index contributed by atoms with van der Waals surface area (Å²) in [6.07, 6.45) is 0.488. The maximum absolute atomic E-state index is 14.0. The second-order valence-electron chi connectivity index (χ2n) is 4.63. The van der Waals surface area contributed by atoms with E-state index in [1.165, 1.54) is 26.4 Å². The second-order valence-corrected chi connectivity index (χ2v) is 4.63. The number of halogens is 1. The molecule has 0 saturated carbocycles. The van der Waals surface area contributed by atoms with Gasteiger partial charge in [-0.3, -0.25) is 0 Å². The Labute approximate surface area is 127 Å². The number of carbonyl (C=O) groups is 2. The minimum Gasteiger partial charge on any atom is -0.477 e. The van der Waals surface area contributed by atoms with Crippen molar-refractivity contribution in [1.29, 1.82) is 0 Å². The van der Waals surface area contributed by atoms with Crippen LogP contribution < -0.4 is 0 Å². The summed E-state index contributed by atoms with van der Waals surface area (Å²) >= 11 is 0. The average molecular weight is 306 g/mol. The smallest absolute Gasteiger partial charge is 0.373 e. The van der Waals surface area contributed by atoms with Crippen LogP contribution in [0.2, 0.25) is 0 Å². The van der Waals surface area contributed by atoms with Crippen molar-refractivity contribution in [2.45, 2.75) is 12.0 Å². The lowest BCUT2D eigenvalue weighted by Crippen LogP contribution is -2.25. The molecule has 22 heavy (non-hydrogen) atoms. The van der Waals surface area contributed by atoms with Crippen molar-refractivity contribution in [1.82, 2.24) is 0 Å². The van der Waals surface area contributed by atoms with Gasteiger partial charge >= 0.3 is 11.9 Å². The molecule has 0 fully saturated rings. The Balaban J connectivity index is 2.41. The van der Waals surface area contributed by atoms with E-state index in [1.807, 2.05) is 0 Å². The molecule has 0 radical (unpaired) electrons. The standard InChI is InChI=1S/C16H15FO5/c1-9(15(18)20-2)14-11(8-13(22-14)16(19)21-3)10-6-4-5-7-12(10)17/h4-8,11,14H,1H2,2-3H3/t11-,14-/m1/s1. The van der Waals surface area contributed by atoms with Crippen LogP contribution in [0, 0.1) is 5.82 Å². The van der Waals surface area contributed by atoms with Crippen LogP contribution in [0.5, 0.6) is 0 Å². The van der Waals surface area contributed by atoms with Gasteiger partial charge in [-0.05, 0) is 17.7 Å². The summed E-state index contributed by atoms with van der Waals surface area (Å²) in [4.78, 5) is 23.3. The average Bonchev–Trinajstić information content (AvgIpc) is 2.98. The number of rotatable bonds is 4. The van der Waals surface area contributed by atoms with Gasteiger partial charge in [0.05, 0.1) is 25.7 Å². The van der Waals surface area contributed by atoms with Crippen LogP contribution in [0.15, 0.2) is 48.3 Å². The number of benzene rings is 1. The van der Waals surface area contributed by atoms with Gasteiger partial charge < -0.3 is 14.2 Å². The highest BCUT2D eigenvalue weighted by molar-refractivity contribution is 5.91. The maximum atomic E-state index is 14.0. The topological polar surface area (TPSA) is 61.8 Å². The Bertz CT molecular complexity index is 650. The Kier molecular flexibility index (Phi) is 4.60. The molecule has 1 aromatic rings. The monoisotopic (exact) mass is 306 g/mol. The summed E-state index contributed by atoms with van der Waals surface area (Å²) in [6, 6.07) is 6.04. The van der Waals surface area contributed by atoms with Gasteiger partial charge in [-0.25, -0.2) is 14.0 Å². The maximum Gasteiger partial charge on any atom is 0.373 e. The van der Waals surface area contributed by atoms with Crippen LogP contribution >= 0.6 is 0 Å². The van der Waals surface area contributed by atoms with Crippen LogP contribution in [0.25, 0.3) is 0 Å². The van der Waals surface area contributed by atoms with Gasteiger partial charge in [-0.2, -0.15) is 0 Å². The fraction of sp³-hybridized carbons (Fsp3) is 0.250. The van der Waals surface area contributed by atoms with E-state index in [2.05, 4.69) is 16.1 Å². The van der Waals surface area contributed by atoms with Crippen molar-refractivity contribution in [3.63, 3.8) is 0 Å². The number of hydrogen-bond donors (Lipinski definition) is 0. The van der Waals surface area contributed by atoms with Gasteiger partial charge in [-0.15, -0.1) is 0 Å². The van der Waals surface area contributed by atoms with Crippen LogP contribution in [-0.2, 0) is 23.8 Å². The molecule has 1 aliphatic rings. The summed E-state index contributed by atoms with van der Waals surface area (Å²) in [7, 11) is 2.41. The highest BCUT2D eigenvalue weighted by Gasteiger charge is 2.39. The van der Waals surface area contributed by atoms with Crippen LogP contribution in [0.1, 0.15) is 11.5 Å². The molecule has 0 bridgehead atoms. The first-order valence-electron chi connectivity index (χ1n) is 6.48. The van der Waals surface area contributed by atoms with Gasteiger partial charge in [0.15, 0.2) is 0 Å². The van der Waals surface area contributed by atoms with Crippen molar-refractivity contribution < 1.29 is 28.2 Å². The molecule has 0 spiro atoms. The molecule has 5 nitrogen and oxygen atoms in total. The lowest BCUT2D eigenvalue weighted by molar-refractivity contribution is -0.142. The number of carbonyl (C=O) groups excluding carboxylic acids is 2. The molecule has 1 aromatic carbocycles. The van der Waals surface area contributed by atoms with Gasteiger partial charge in [0.25, 0.3) is 0 Å². The molecule has 0 aliphatic carbocycles. The van der Waals surface area contributed by atoms with Crippen molar-refractivity contribution >= 4 is 11.9 Å². The lowest BCUT2D eigenvalue weighted by Gasteiger charge is -2.20. The summed E-state index contributed by atoms with van der Waals surface area (Å²) in [5.74, 6) is -2.64. The summed E-state index contributed by atoms with van der Waals surface area (Å²) < 4.78 is 28.7. The molecule has 0 saturated heterocycles. The van der Waals surface area contributed by atoms with E-state index >= 15 is 0 Å². The Hall–Kier alpha value is -2.63. The molecule has 2 rings (SSSR count). The zero-order chi connectivity index (χ0) is 16.3. The van der Waals surface area contributed by atoms with Crippen LogP contribution in [0.4, 0.5) is 4.39 Å². The molecule has 0 amide bonds. The molecular formula is C16H15FO5. The molecule has 2 atom stereocenters. The van der Waals surface area contributed by atoms with Gasteiger partial charge in [0.1, 0.15) is 11.9 Å². The van der Waals surface area contributed by atoms with Gasteiger partial charge in [-0.1, -0.05) is 24.8 Å². The first kappa shape index (κ1) is 15.8. The minimum atomic E-state index is -0.932. The summed E-state index contributed by atoms with van der Waals surface area (Å²) in [5.41, 5.74) is 0.280. The van der Waals surface area contributed by atoms with Crippen molar-refractivity contribution in [2.24, 2.45) is 0 Å². The molecule has 116 valence electrons. The molecule has 0 N–H and O–H groups in total. The number of ether oxygens (including phenoxy) is 3. The zero-order valence-corrected chi connectivity index (χ0v) is 12.2. The molecule has 1 heterocycles. The first-order chi connectivity index (χ1) is 10.5. The normalized spacial score (nSPS) is 19.9. The molecule has 6 heteroatoms. The quantitative estimate of drug-likeness (QED) is 0.629. The van der Waals surface area contributed by atoms with E-state index in [1.54, 1.807) is 18.2 Å². The van der Waals surface area contributed by atoms with E-state index in [-0.39, 0.29) is 16.9 Å². The lowest BCUT2D eigenvalue weighted by atomic mass is 9.90. The highest BCUT2D eigenvalue weighted by Crippen LogP contribution is 2.37. The second kappa shape index (κ2) is 6.43. The Morgan fingerprint density at radius 1 is 1.23 bits per heavy atom. The van der Waals surface area contributed by atoms with Crippen LogP contribution in [0.3, 0.4) is 0 Å². The number of hydrogen-bond acceptors (Lipinski definition) is 5. The van der Waals surface area contributed by atoms with Crippen molar-refractivity contribution in [3.05, 3.63) is 59.6 Å². The van der Waals surface area contributed by atoms with Crippen molar-refractivity contribution in [2.75, 3.05) is 14.2 Å². The Morgan fingerprint density at radius 2 is 1.91 bits per heavy atom. The third-order valence-electron chi connectivity index (χ3n) is 3.35. The number of esters is 2. The van der Waals surface area contributed by atoms with E-state index in [9.17, 15) is 14.0 Å². The first-order valence-corrected chi connectivity index (χ1v) is 6.48. The third kappa shape index (κ3) is 2.86. The van der Waals surface area contributed by atoms with E-state index in [0.717, 1.165) is 0 Å². The van der Waals surface area contributed by atoms with Crippen molar-refractivity contribution in [3.8, 4) is 0 Å². The zero-order valence-electron chi connectivity index (χ0n) is 12.2. The predicted octanol–water partition coefficient (Wildman–Crippen LogP) is 2.09. The Morgan fingerprint density at radius 3 is 2.50 bits per heavy atom. The minimum absolute atomic E-state index is 0.00842. The fourth-order valence-electron chi connectivity index (χ4n) is 2.25. The fourth-order valence-corrected chi connectivity index (χ4v) is 2.25. The predicted molar refractivity (Wildman–Crippen MR) is 75.3 cm³/mol. The summed E-state index contributed by atoms with van der Waals surface area (Å²) in [6.45, 7) is 3.63. The summed E-state index contributed by atoms with van der Waals surface area (Å²) in [5, 5.41) is 0. The van der Waals surface area contributed by atoms with Gasteiger partial charge in [0, 0.05) is 0 Å². The molecular weight excluding hydrogens is 291 g/mol. The van der Waals surface area contributed by atoms with Crippen LogP contribution in [-0.4, -0.2) is 32.3 Å². The third-order valence-corrected chi connectivity index (χ3v) is 3.35. The SMILES string of the molecule is C=C(C(=O)OC)[C@H]1OC(C(=O)OC)=C[C@@H]1c1ccccc1F. The molecule has 0 unspecified atom stereocenters. The number of methoxy groups -OCH3 is 2. The molecule has 1 aliphatic heterocycles. The van der Waals surface area contributed by atoms with E-state index in [0.29, 0.717) is 0 Å². The molecule has 0 aromatic heterocycles. The highest BCUT2D eigenvalue weighted by atomic mass is 19.1. The van der Waals surface area contributed by atoms with Gasteiger partial charge in [0.2, 0.25) is 5.76 Å². The van der Waals surface area contributed by atoms with E-state index < -0.39 is 29.8 Å². The largest absolute Gasteiger partial charge is 0.477 e. The van der Waals surface area contributed by atoms with E-state index in [4.69, 9.17) is 4.74 Å².